The van der Waals surface area contributed by atoms with Crippen molar-refractivity contribution >= 4 is 0 Å². The summed E-state index contributed by atoms with van der Waals surface area (Å²) >= 11 is 0. The molecule has 2 fully saturated rings. The fourth-order valence-corrected chi connectivity index (χ4v) is 3.17. The minimum Gasteiger partial charge on any atom is -0.316 e. The molecule has 1 heteroatoms. The standard InChI is InChI=1S/C14H27N/c1-11(2)9-15-10-14(13-7-8-13)12-5-3-4-6-12/h11-15H,3-10H2,1-2H3. The Morgan fingerprint density at radius 1 is 0.933 bits per heavy atom. The van der Waals surface area contributed by atoms with Crippen molar-refractivity contribution in [3.05, 3.63) is 0 Å². The van der Waals surface area contributed by atoms with E-state index in [1.807, 2.05) is 0 Å². The summed E-state index contributed by atoms with van der Waals surface area (Å²) in [6, 6.07) is 0. The van der Waals surface area contributed by atoms with E-state index in [2.05, 4.69) is 19.2 Å². The van der Waals surface area contributed by atoms with Crippen molar-refractivity contribution < 1.29 is 0 Å². The van der Waals surface area contributed by atoms with E-state index in [0.717, 1.165) is 23.7 Å². The zero-order valence-corrected chi connectivity index (χ0v) is 10.5. The maximum absolute atomic E-state index is 3.68. The molecule has 2 rings (SSSR count). The van der Waals surface area contributed by atoms with Gasteiger partial charge < -0.3 is 5.32 Å². The van der Waals surface area contributed by atoms with Gasteiger partial charge in [0.1, 0.15) is 0 Å². The monoisotopic (exact) mass is 209 g/mol. The van der Waals surface area contributed by atoms with Gasteiger partial charge in [-0.15, -0.1) is 0 Å². The Kier molecular flexibility index (Phi) is 4.07. The average molecular weight is 209 g/mol. The molecule has 0 radical (unpaired) electrons. The zero-order valence-electron chi connectivity index (χ0n) is 10.5. The van der Waals surface area contributed by atoms with Crippen LogP contribution >= 0.6 is 0 Å². The minimum atomic E-state index is 0.799. The maximum atomic E-state index is 3.68. The molecule has 0 aromatic rings. The highest BCUT2D eigenvalue weighted by Crippen LogP contribution is 2.45. The first-order chi connectivity index (χ1) is 7.27. The van der Waals surface area contributed by atoms with Crippen LogP contribution in [0.1, 0.15) is 52.4 Å². The first-order valence-corrected chi connectivity index (χ1v) is 6.98. The Balaban J connectivity index is 1.73. The van der Waals surface area contributed by atoms with E-state index in [0.29, 0.717) is 0 Å². The molecule has 0 heterocycles. The van der Waals surface area contributed by atoms with Gasteiger partial charge in [-0.1, -0.05) is 39.5 Å². The van der Waals surface area contributed by atoms with E-state index in [-0.39, 0.29) is 0 Å². The predicted octanol–water partition coefficient (Wildman–Crippen LogP) is 3.45. The lowest BCUT2D eigenvalue weighted by molar-refractivity contribution is 0.284. The molecule has 15 heavy (non-hydrogen) atoms. The number of hydrogen-bond donors (Lipinski definition) is 1. The lowest BCUT2D eigenvalue weighted by Gasteiger charge is -2.24. The van der Waals surface area contributed by atoms with Crippen LogP contribution in [0.5, 0.6) is 0 Å². The Morgan fingerprint density at radius 3 is 2.07 bits per heavy atom. The average Bonchev–Trinajstić information content (AvgIpc) is 2.88. The SMILES string of the molecule is CC(C)CNCC(C1CCCC1)C1CC1. The summed E-state index contributed by atoms with van der Waals surface area (Å²) in [4.78, 5) is 0. The van der Waals surface area contributed by atoms with Crippen LogP contribution in [0, 0.1) is 23.7 Å². The third-order valence-electron chi connectivity index (χ3n) is 4.17. The summed E-state index contributed by atoms with van der Waals surface area (Å²) in [5, 5.41) is 3.68. The molecule has 2 aliphatic carbocycles. The van der Waals surface area contributed by atoms with Crippen LogP contribution in [0.15, 0.2) is 0 Å². The zero-order chi connectivity index (χ0) is 10.7. The molecular formula is C14H27N. The molecule has 0 aliphatic heterocycles. The Morgan fingerprint density at radius 2 is 1.53 bits per heavy atom. The fourth-order valence-electron chi connectivity index (χ4n) is 3.17. The largest absolute Gasteiger partial charge is 0.316 e. The lowest BCUT2D eigenvalue weighted by atomic mass is 9.86. The van der Waals surface area contributed by atoms with Crippen LogP contribution in [0.25, 0.3) is 0 Å². The van der Waals surface area contributed by atoms with E-state index in [4.69, 9.17) is 0 Å². The summed E-state index contributed by atoms with van der Waals surface area (Å²) in [5.74, 6) is 3.98. The molecule has 1 nitrogen and oxygen atoms in total. The highest BCUT2D eigenvalue weighted by molar-refractivity contribution is 4.88. The summed E-state index contributed by atoms with van der Waals surface area (Å²) in [6.07, 6.45) is 9.07. The second-order valence-corrected chi connectivity index (χ2v) is 6.10. The number of nitrogens with one attached hydrogen (secondary N) is 1. The van der Waals surface area contributed by atoms with Gasteiger partial charge in [-0.25, -0.2) is 0 Å². The number of hydrogen-bond acceptors (Lipinski definition) is 1. The van der Waals surface area contributed by atoms with Gasteiger partial charge >= 0.3 is 0 Å². The quantitative estimate of drug-likeness (QED) is 0.706. The molecule has 0 aromatic carbocycles. The molecule has 2 saturated carbocycles. The van der Waals surface area contributed by atoms with Gasteiger partial charge in [0, 0.05) is 0 Å². The highest BCUT2D eigenvalue weighted by atomic mass is 14.9. The molecule has 1 N–H and O–H groups in total. The smallest absolute Gasteiger partial charge is 0.00151 e. The number of rotatable bonds is 6. The molecule has 2 aliphatic rings. The third-order valence-corrected chi connectivity index (χ3v) is 4.17. The summed E-state index contributed by atoms with van der Waals surface area (Å²) in [6.45, 7) is 7.10. The normalized spacial score (nSPS) is 25.0. The third kappa shape index (κ3) is 3.48. The highest BCUT2D eigenvalue weighted by Gasteiger charge is 2.36. The molecule has 88 valence electrons. The first kappa shape index (κ1) is 11.4. The van der Waals surface area contributed by atoms with Crippen LogP contribution in [0.4, 0.5) is 0 Å². The van der Waals surface area contributed by atoms with Crippen LogP contribution in [-0.4, -0.2) is 13.1 Å². The van der Waals surface area contributed by atoms with Crippen LogP contribution in [-0.2, 0) is 0 Å². The predicted molar refractivity (Wildman–Crippen MR) is 65.9 cm³/mol. The molecule has 0 spiro atoms. The second kappa shape index (κ2) is 5.34. The van der Waals surface area contributed by atoms with Gasteiger partial charge in [-0.2, -0.15) is 0 Å². The first-order valence-electron chi connectivity index (χ1n) is 6.98. The summed E-state index contributed by atoms with van der Waals surface area (Å²) < 4.78 is 0. The summed E-state index contributed by atoms with van der Waals surface area (Å²) in [7, 11) is 0. The van der Waals surface area contributed by atoms with Crippen molar-refractivity contribution in [2.45, 2.75) is 52.4 Å². The van der Waals surface area contributed by atoms with Gasteiger partial charge in [-0.3, -0.25) is 0 Å². The Bertz CT molecular complexity index is 178. The molecule has 0 amide bonds. The fraction of sp³-hybridized carbons (Fsp3) is 1.00. The van der Waals surface area contributed by atoms with E-state index < -0.39 is 0 Å². The van der Waals surface area contributed by atoms with Crippen LogP contribution < -0.4 is 5.32 Å². The van der Waals surface area contributed by atoms with Crippen LogP contribution in [0.2, 0.25) is 0 Å². The van der Waals surface area contributed by atoms with Crippen LogP contribution in [0.3, 0.4) is 0 Å². The molecule has 0 bridgehead atoms. The maximum Gasteiger partial charge on any atom is -0.00151 e. The van der Waals surface area contributed by atoms with Gasteiger partial charge in [0.05, 0.1) is 0 Å². The Labute approximate surface area is 95.0 Å². The second-order valence-electron chi connectivity index (χ2n) is 6.10. The molecule has 0 aromatic heterocycles. The van der Waals surface area contributed by atoms with E-state index in [1.54, 1.807) is 0 Å². The van der Waals surface area contributed by atoms with Crippen molar-refractivity contribution in [3.8, 4) is 0 Å². The van der Waals surface area contributed by atoms with Crippen molar-refractivity contribution in [1.29, 1.82) is 0 Å². The van der Waals surface area contributed by atoms with Gasteiger partial charge in [0.2, 0.25) is 0 Å². The molecular weight excluding hydrogens is 182 g/mol. The van der Waals surface area contributed by atoms with E-state index >= 15 is 0 Å². The van der Waals surface area contributed by atoms with Gasteiger partial charge in [-0.05, 0) is 49.6 Å². The van der Waals surface area contributed by atoms with E-state index in [9.17, 15) is 0 Å². The molecule has 1 atom stereocenters. The van der Waals surface area contributed by atoms with Gasteiger partial charge in [0.15, 0.2) is 0 Å². The van der Waals surface area contributed by atoms with E-state index in [1.165, 1.54) is 51.6 Å². The van der Waals surface area contributed by atoms with Crippen molar-refractivity contribution in [1.82, 2.24) is 5.32 Å². The Hall–Kier alpha value is -0.0400. The lowest BCUT2D eigenvalue weighted by Crippen LogP contribution is -2.31. The minimum absolute atomic E-state index is 0.799. The molecule has 0 saturated heterocycles. The topological polar surface area (TPSA) is 12.0 Å². The van der Waals surface area contributed by atoms with Gasteiger partial charge in [0.25, 0.3) is 0 Å². The van der Waals surface area contributed by atoms with Crippen molar-refractivity contribution in [2.24, 2.45) is 23.7 Å². The van der Waals surface area contributed by atoms with Crippen molar-refractivity contribution in [2.75, 3.05) is 13.1 Å². The molecule has 1 unspecified atom stereocenters. The van der Waals surface area contributed by atoms with Crippen molar-refractivity contribution in [3.63, 3.8) is 0 Å². The summed E-state index contributed by atoms with van der Waals surface area (Å²) in [5.41, 5.74) is 0.